The summed E-state index contributed by atoms with van der Waals surface area (Å²) in [6.07, 6.45) is 0. The molecular weight excluding hydrogens is 216 g/mol. The van der Waals surface area contributed by atoms with Gasteiger partial charge in [0.25, 0.3) is 0 Å². The number of carbonyl (C=O) groups excluding carboxylic acids is 1. The maximum atomic E-state index is 10.7. The minimum absolute atomic E-state index is 0.529. The molecule has 0 fully saturated rings. The molecule has 0 amide bonds. The fourth-order valence-electron chi connectivity index (χ4n) is 0.246. The van der Waals surface area contributed by atoms with Gasteiger partial charge in [-0.3, -0.25) is 4.79 Å². The molecule has 62 valence electrons. The summed E-state index contributed by atoms with van der Waals surface area (Å²) in [5, 5.41) is 8.22. The second-order valence-electron chi connectivity index (χ2n) is 1.77. The summed E-state index contributed by atoms with van der Waals surface area (Å²) in [7, 11) is 0. The molecule has 0 bridgehead atoms. The van der Waals surface area contributed by atoms with Crippen LogP contribution in [0.1, 0.15) is 6.92 Å². The zero-order valence-electron chi connectivity index (χ0n) is 5.83. The highest BCUT2D eigenvalue weighted by molar-refractivity contribution is 9.10. The highest BCUT2D eigenvalue weighted by Gasteiger charge is 2.15. The van der Waals surface area contributed by atoms with Gasteiger partial charge in [0.1, 0.15) is 4.83 Å². The van der Waals surface area contributed by atoms with Gasteiger partial charge < -0.3 is 9.84 Å². The molecule has 4 nitrogen and oxygen atoms in total. The number of hydrogen-bond acceptors (Lipinski definition) is 3. The van der Waals surface area contributed by atoms with Crippen molar-refractivity contribution in [2.24, 2.45) is 0 Å². The number of carboxylic acids is 1. The lowest BCUT2D eigenvalue weighted by molar-refractivity contribution is -0.147. The Morgan fingerprint density at radius 3 is 2.36 bits per heavy atom. The number of hydrogen-bond donors (Lipinski definition) is 1. The normalized spacial score (nSPS) is 11.8. The van der Waals surface area contributed by atoms with Gasteiger partial charge in [0.2, 0.25) is 5.76 Å². The zero-order valence-corrected chi connectivity index (χ0v) is 7.42. The smallest absolute Gasteiger partial charge is 0.371 e. The van der Waals surface area contributed by atoms with E-state index in [0.29, 0.717) is 0 Å². The number of alkyl halides is 1. The number of halogens is 1. The van der Waals surface area contributed by atoms with Crippen LogP contribution in [0.4, 0.5) is 0 Å². The number of carboxylic acid groups (broad SMARTS) is 1. The lowest BCUT2D eigenvalue weighted by Crippen LogP contribution is -2.16. The monoisotopic (exact) mass is 222 g/mol. The van der Waals surface area contributed by atoms with Gasteiger partial charge in [-0.1, -0.05) is 15.9 Å². The first-order chi connectivity index (χ1) is 4.95. The van der Waals surface area contributed by atoms with Crippen molar-refractivity contribution in [1.29, 1.82) is 0 Å². The lowest BCUT2D eigenvalue weighted by atomic mass is 10.5. The molecule has 0 aliphatic carbocycles. The molecule has 0 spiro atoms. The molecule has 0 aliphatic rings. The third kappa shape index (κ3) is 3.77. The van der Waals surface area contributed by atoms with Gasteiger partial charge in [0, 0.05) is 0 Å². The molecule has 1 unspecified atom stereocenters. The molecule has 0 aromatic rings. The van der Waals surface area contributed by atoms with Crippen LogP contribution in [-0.2, 0) is 14.3 Å². The van der Waals surface area contributed by atoms with Crippen molar-refractivity contribution in [3.05, 3.63) is 12.3 Å². The molecule has 1 atom stereocenters. The topological polar surface area (TPSA) is 63.6 Å². The highest BCUT2D eigenvalue weighted by Crippen LogP contribution is 2.03. The van der Waals surface area contributed by atoms with Crippen molar-refractivity contribution in [2.75, 3.05) is 0 Å². The van der Waals surface area contributed by atoms with Gasteiger partial charge in [-0.2, -0.15) is 0 Å². The van der Waals surface area contributed by atoms with E-state index < -0.39 is 22.5 Å². The third-order valence-corrected chi connectivity index (χ3v) is 1.16. The van der Waals surface area contributed by atoms with Gasteiger partial charge in [-0.15, -0.1) is 0 Å². The van der Waals surface area contributed by atoms with Crippen LogP contribution in [0, 0.1) is 0 Å². The Labute approximate surface area is 72.0 Å². The van der Waals surface area contributed by atoms with Gasteiger partial charge in [-0.25, -0.2) is 4.79 Å². The van der Waals surface area contributed by atoms with Crippen LogP contribution in [0.15, 0.2) is 12.3 Å². The molecular formula is C6H7BrO4. The second-order valence-corrected chi connectivity index (χ2v) is 3.14. The number of aliphatic carboxylic acids is 1. The van der Waals surface area contributed by atoms with Crippen molar-refractivity contribution < 1.29 is 19.4 Å². The molecule has 0 rings (SSSR count). The van der Waals surface area contributed by atoms with Gasteiger partial charge in [-0.05, 0) is 13.5 Å². The summed E-state index contributed by atoms with van der Waals surface area (Å²) in [5.74, 6) is -2.58. The molecule has 0 aromatic carbocycles. The summed E-state index contributed by atoms with van der Waals surface area (Å²) >= 11 is 2.91. The minimum atomic E-state index is -1.34. The average molecular weight is 223 g/mol. The first-order valence-electron chi connectivity index (χ1n) is 2.73. The Hall–Kier alpha value is -0.840. The Morgan fingerprint density at radius 1 is 1.64 bits per heavy atom. The van der Waals surface area contributed by atoms with Crippen molar-refractivity contribution in [3.8, 4) is 0 Å². The predicted octanol–water partition coefficient (Wildman–Crippen LogP) is 0.911. The molecule has 0 aromatic heterocycles. The highest BCUT2D eigenvalue weighted by atomic mass is 79.9. The summed E-state index contributed by atoms with van der Waals surface area (Å²) in [4.78, 5) is 20.2. The predicted molar refractivity (Wildman–Crippen MR) is 41.3 cm³/mol. The van der Waals surface area contributed by atoms with E-state index in [2.05, 4.69) is 27.2 Å². The van der Waals surface area contributed by atoms with E-state index in [4.69, 9.17) is 5.11 Å². The van der Waals surface area contributed by atoms with Crippen molar-refractivity contribution in [1.82, 2.24) is 0 Å². The number of rotatable bonds is 3. The van der Waals surface area contributed by atoms with Crippen molar-refractivity contribution in [3.63, 3.8) is 0 Å². The van der Waals surface area contributed by atoms with Crippen molar-refractivity contribution >= 4 is 27.9 Å². The number of carbonyl (C=O) groups is 2. The van der Waals surface area contributed by atoms with Crippen LogP contribution in [0.2, 0.25) is 0 Å². The summed E-state index contributed by atoms with van der Waals surface area (Å²) in [6.45, 7) is 4.54. The molecule has 0 saturated carbocycles. The molecule has 0 saturated heterocycles. The Morgan fingerprint density at radius 2 is 2.09 bits per heavy atom. The standard InChI is InChI=1S/C6H7BrO4/c1-3(7)6(10)11-4(2)5(8)9/h3H,2H2,1H3,(H,8,9). The van der Waals surface area contributed by atoms with Gasteiger partial charge in [0.15, 0.2) is 0 Å². The van der Waals surface area contributed by atoms with E-state index in [9.17, 15) is 9.59 Å². The molecule has 0 aliphatic heterocycles. The van der Waals surface area contributed by atoms with Crippen molar-refractivity contribution in [2.45, 2.75) is 11.8 Å². The molecule has 11 heavy (non-hydrogen) atoms. The number of ether oxygens (including phenoxy) is 1. The number of esters is 1. The lowest BCUT2D eigenvalue weighted by Gasteiger charge is -2.03. The summed E-state index contributed by atoms with van der Waals surface area (Å²) < 4.78 is 4.29. The Kier molecular flexibility index (Phi) is 3.81. The first kappa shape index (κ1) is 10.2. The molecule has 1 N–H and O–H groups in total. The molecule has 0 radical (unpaired) electrons. The summed E-state index contributed by atoms with van der Waals surface area (Å²) in [5.41, 5.74) is 0. The van der Waals surface area contributed by atoms with Crippen LogP contribution < -0.4 is 0 Å². The van der Waals surface area contributed by atoms with Gasteiger partial charge >= 0.3 is 11.9 Å². The minimum Gasteiger partial charge on any atom is -0.475 e. The van der Waals surface area contributed by atoms with E-state index >= 15 is 0 Å². The Bertz CT molecular complexity index is 197. The van der Waals surface area contributed by atoms with Crippen LogP contribution in [0.5, 0.6) is 0 Å². The van der Waals surface area contributed by atoms with E-state index in [-0.39, 0.29) is 0 Å². The quantitative estimate of drug-likeness (QED) is 0.334. The second kappa shape index (κ2) is 4.12. The van der Waals surface area contributed by atoms with Crippen LogP contribution in [0.3, 0.4) is 0 Å². The largest absolute Gasteiger partial charge is 0.475 e. The maximum absolute atomic E-state index is 10.7. The first-order valence-corrected chi connectivity index (χ1v) is 3.64. The van der Waals surface area contributed by atoms with E-state index in [0.717, 1.165) is 0 Å². The third-order valence-electron chi connectivity index (χ3n) is 0.787. The molecule has 0 heterocycles. The maximum Gasteiger partial charge on any atom is 0.371 e. The zero-order chi connectivity index (χ0) is 9.02. The SMILES string of the molecule is C=C(OC(=O)C(C)Br)C(=O)O. The van der Waals surface area contributed by atoms with E-state index in [1.807, 2.05) is 0 Å². The van der Waals surface area contributed by atoms with Gasteiger partial charge in [0.05, 0.1) is 0 Å². The van der Waals surface area contributed by atoms with Crippen LogP contribution in [-0.4, -0.2) is 21.9 Å². The van der Waals surface area contributed by atoms with Crippen LogP contribution >= 0.6 is 15.9 Å². The fraction of sp³-hybridized carbons (Fsp3) is 0.333. The average Bonchev–Trinajstić information content (AvgIpc) is 1.87. The Balaban J connectivity index is 3.96. The molecule has 5 heteroatoms. The fourth-order valence-corrected chi connectivity index (χ4v) is 0.340. The summed E-state index contributed by atoms with van der Waals surface area (Å²) in [6, 6.07) is 0. The van der Waals surface area contributed by atoms with Crippen LogP contribution in [0.25, 0.3) is 0 Å². The van der Waals surface area contributed by atoms with E-state index in [1.54, 1.807) is 0 Å². The van der Waals surface area contributed by atoms with E-state index in [1.165, 1.54) is 6.92 Å².